The van der Waals surface area contributed by atoms with E-state index < -0.39 is 28.7 Å². The number of ether oxygens (including phenoxy) is 1. The number of carbonyl (C=O) groups excluding carboxylic acids is 1. The highest BCUT2D eigenvalue weighted by molar-refractivity contribution is 5.81. The van der Waals surface area contributed by atoms with E-state index in [1.54, 1.807) is 0 Å². The monoisotopic (exact) mass is 610 g/mol. The molecule has 0 aromatic heterocycles. The molecule has 6 aliphatic carbocycles. The summed E-state index contributed by atoms with van der Waals surface area (Å²) in [6.07, 6.45) is 10.1. The van der Waals surface area contributed by atoms with Gasteiger partial charge in [0.25, 0.3) is 0 Å². The molecule has 6 aliphatic rings. The Bertz CT molecular complexity index is 1270. The topological polar surface area (TPSA) is 101 Å². The first-order valence-corrected chi connectivity index (χ1v) is 17.6. The van der Waals surface area contributed by atoms with Crippen molar-refractivity contribution in [3.05, 3.63) is 12.2 Å². The van der Waals surface area contributed by atoms with Crippen LogP contribution in [0.25, 0.3) is 0 Å². The van der Waals surface area contributed by atoms with Crippen LogP contribution < -0.4 is 0 Å². The summed E-state index contributed by atoms with van der Waals surface area (Å²) in [6.45, 7) is 22.5. The van der Waals surface area contributed by atoms with E-state index in [-0.39, 0.29) is 45.6 Å². The molecule has 0 saturated heterocycles. The van der Waals surface area contributed by atoms with Crippen molar-refractivity contribution in [3.8, 4) is 0 Å². The van der Waals surface area contributed by atoms with E-state index in [0.717, 1.165) is 64.2 Å². The van der Waals surface area contributed by atoms with Crippen LogP contribution in [-0.2, 0) is 19.1 Å². The van der Waals surface area contributed by atoms with Crippen LogP contribution in [0.15, 0.2) is 12.2 Å². The van der Waals surface area contributed by atoms with E-state index >= 15 is 0 Å². The molecule has 0 spiro atoms. The number of hydrogen-bond donors (Lipinski definition) is 2. The van der Waals surface area contributed by atoms with Gasteiger partial charge in [-0.05, 0) is 129 Å². The third kappa shape index (κ3) is 3.93. The van der Waals surface area contributed by atoms with Crippen molar-refractivity contribution in [1.82, 2.24) is 0 Å². The number of allylic oxidation sites excluding steroid dienone is 1. The van der Waals surface area contributed by atoms with Gasteiger partial charge in [0.2, 0.25) is 0 Å². The van der Waals surface area contributed by atoms with Gasteiger partial charge in [-0.2, -0.15) is 0 Å². The Kier molecular flexibility index (Phi) is 7.17. The average molecular weight is 611 g/mol. The lowest BCUT2D eigenvalue weighted by molar-refractivity contribution is -0.252. The van der Waals surface area contributed by atoms with Crippen molar-refractivity contribution in [3.63, 3.8) is 0 Å². The van der Waals surface area contributed by atoms with Gasteiger partial charge in [-0.25, -0.2) is 0 Å². The molecule has 246 valence electrons. The molecule has 44 heavy (non-hydrogen) atoms. The first-order valence-electron chi connectivity index (χ1n) is 17.6. The minimum atomic E-state index is -0.823. The molecule has 6 nitrogen and oxygen atoms in total. The van der Waals surface area contributed by atoms with E-state index in [1.807, 2.05) is 13.8 Å². The second-order valence-corrected chi connectivity index (χ2v) is 18.4. The fourth-order valence-electron chi connectivity index (χ4n) is 13.7. The van der Waals surface area contributed by atoms with Gasteiger partial charge < -0.3 is 14.9 Å². The van der Waals surface area contributed by atoms with Gasteiger partial charge in [-0.1, -0.05) is 60.6 Å². The molecule has 12 atom stereocenters. The third-order valence-electron chi connectivity index (χ3n) is 16.5. The summed E-state index contributed by atoms with van der Waals surface area (Å²) in [7, 11) is 0. The summed E-state index contributed by atoms with van der Waals surface area (Å²) in [5.41, 5.74) is 0.166. The Labute approximate surface area is 265 Å². The number of carboxylic acid groups (broad SMARTS) is 2. The third-order valence-corrected chi connectivity index (χ3v) is 16.5. The summed E-state index contributed by atoms with van der Waals surface area (Å²) < 4.78 is 6.35. The second kappa shape index (κ2) is 9.83. The molecule has 6 rings (SSSR count). The number of carboxylic acids is 2. The molecular formula is C38H58O6. The number of esters is 1. The standard InChI is InChI=1S/C38H58O6/c1-21(2)22-12-17-38(32(42)43)19-18-36(8)23(29(22)38)10-11-27-35(7)15-14-28(34(5,6)26(35)13-16-37(27,36)9)44-31(41)25-20-24(30(39)40)33(25,3)4/h22-29H,1,10-20H2,2-9H3,(H,39,40)(H,42,43)/t22-,23?,24-,25+,26-,27+,28-,29+,35-,36+,37+,38-/m0/s1. The number of rotatable bonds is 5. The fraction of sp³-hybridized carbons (Fsp3) is 0.868. The van der Waals surface area contributed by atoms with Crippen molar-refractivity contribution in [2.45, 2.75) is 132 Å². The summed E-state index contributed by atoms with van der Waals surface area (Å²) in [4.78, 5) is 38.1. The van der Waals surface area contributed by atoms with Gasteiger partial charge in [-0.15, -0.1) is 0 Å². The highest BCUT2D eigenvalue weighted by atomic mass is 16.5. The normalized spacial score (nSPS) is 50.1. The van der Waals surface area contributed by atoms with Gasteiger partial charge in [0, 0.05) is 5.41 Å². The average Bonchev–Trinajstić information content (AvgIpc) is 3.31. The summed E-state index contributed by atoms with van der Waals surface area (Å²) >= 11 is 0. The van der Waals surface area contributed by atoms with Crippen molar-refractivity contribution in [2.24, 2.45) is 73.9 Å². The minimum Gasteiger partial charge on any atom is -0.481 e. The van der Waals surface area contributed by atoms with Crippen LogP contribution in [0, 0.1) is 73.9 Å². The first kappa shape index (κ1) is 32.1. The highest BCUT2D eigenvalue weighted by Crippen LogP contribution is 2.77. The molecule has 1 unspecified atom stereocenters. The molecule has 0 aromatic carbocycles. The Morgan fingerprint density at radius 2 is 1.41 bits per heavy atom. The lowest BCUT2D eigenvalue weighted by Crippen LogP contribution is -2.67. The summed E-state index contributed by atoms with van der Waals surface area (Å²) in [6, 6.07) is 0. The van der Waals surface area contributed by atoms with Gasteiger partial charge in [0.15, 0.2) is 0 Å². The Balaban J connectivity index is 1.25. The van der Waals surface area contributed by atoms with Crippen LogP contribution in [0.2, 0.25) is 0 Å². The maximum absolute atomic E-state index is 13.5. The molecule has 2 N–H and O–H groups in total. The lowest BCUT2D eigenvalue weighted by atomic mass is 9.32. The second-order valence-electron chi connectivity index (χ2n) is 18.4. The fourth-order valence-corrected chi connectivity index (χ4v) is 13.7. The maximum Gasteiger partial charge on any atom is 0.309 e. The number of aliphatic carboxylic acids is 2. The molecule has 0 heterocycles. The van der Waals surface area contributed by atoms with Gasteiger partial charge >= 0.3 is 17.9 Å². The Morgan fingerprint density at radius 1 is 0.727 bits per heavy atom. The molecule has 0 aliphatic heterocycles. The molecular weight excluding hydrogens is 552 g/mol. The molecule has 0 aromatic rings. The number of hydrogen-bond acceptors (Lipinski definition) is 4. The quantitative estimate of drug-likeness (QED) is 0.240. The van der Waals surface area contributed by atoms with Gasteiger partial charge in [-0.3, -0.25) is 14.4 Å². The zero-order valence-electron chi connectivity index (χ0n) is 28.6. The zero-order valence-corrected chi connectivity index (χ0v) is 28.6. The summed E-state index contributed by atoms with van der Waals surface area (Å²) in [5, 5.41) is 20.2. The SMILES string of the molecule is C=C(C)[C@@H]1CC[C@]2(C(=O)O)CC[C@]3(C)C(CC[C@@H]4[C@@]5(C)CC[C@H](OC(=O)[C@H]6C[C@@H](C(=O)O)C6(C)C)C(C)(C)[C@@H]5CC[C@]43C)[C@@H]12. The lowest BCUT2D eigenvalue weighted by Gasteiger charge is -2.72. The Morgan fingerprint density at radius 3 is 2.00 bits per heavy atom. The number of carbonyl (C=O) groups is 3. The minimum absolute atomic E-state index is 0.0928. The van der Waals surface area contributed by atoms with Crippen molar-refractivity contribution in [2.75, 3.05) is 0 Å². The van der Waals surface area contributed by atoms with Crippen LogP contribution in [-0.4, -0.2) is 34.2 Å². The molecule has 0 radical (unpaired) electrons. The largest absolute Gasteiger partial charge is 0.481 e. The Hall–Kier alpha value is -1.85. The van der Waals surface area contributed by atoms with Crippen LogP contribution in [0.1, 0.15) is 126 Å². The van der Waals surface area contributed by atoms with Crippen molar-refractivity contribution < 1.29 is 29.3 Å². The van der Waals surface area contributed by atoms with E-state index in [9.17, 15) is 24.6 Å². The van der Waals surface area contributed by atoms with Gasteiger partial charge in [0.05, 0.1) is 17.3 Å². The van der Waals surface area contributed by atoms with E-state index in [1.165, 1.54) is 5.57 Å². The predicted octanol–water partition coefficient (Wildman–Crippen LogP) is 8.39. The predicted molar refractivity (Wildman–Crippen MR) is 169 cm³/mol. The molecule has 6 saturated carbocycles. The van der Waals surface area contributed by atoms with Crippen molar-refractivity contribution in [1.29, 1.82) is 0 Å². The highest BCUT2D eigenvalue weighted by Gasteiger charge is 2.72. The molecule has 0 bridgehead atoms. The van der Waals surface area contributed by atoms with Crippen molar-refractivity contribution >= 4 is 17.9 Å². The van der Waals surface area contributed by atoms with E-state index in [0.29, 0.717) is 30.1 Å². The van der Waals surface area contributed by atoms with Crippen LogP contribution in [0.3, 0.4) is 0 Å². The van der Waals surface area contributed by atoms with Gasteiger partial charge in [0.1, 0.15) is 6.10 Å². The van der Waals surface area contributed by atoms with E-state index in [4.69, 9.17) is 4.74 Å². The van der Waals surface area contributed by atoms with Crippen LogP contribution in [0.4, 0.5) is 0 Å². The first-order chi connectivity index (χ1) is 20.3. The summed E-state index contributed by atoms with van der Waals surface area (Å²) in [5.74, 6) is -0.593. The molecule has 6 heteroatoms. The smallest absolute Gasteiger partial charge is 0.309 e. The van der Waals surface area contributed by atoms with Crippen LogP contribution in [0.5, 0.6) is 0 Å². The molecule has 0 amide bonds. The van der Waals surface area contributed by atoms with E-state index in [2.05, 4.69) is 48.1 Å². The maximum atomic E-state index is 13.5. The van der Waals surface area contributed by atoms with Crippen LogP contribution >= 0.6 is 0 Å². The zero-order chi connectivity index (χ0) is 32.4. The number of fused-ring (bicyclic) bond motifs is 7. The molecule has 6 fully saturated rings.